The summed E-state index contributed by atoms with van der Waals surface area (Å²) in [6.45, 7) is 7.56. The lowest BCUT2D eigenvalue weighted by atomic mass is 10.1. The Balaban J connectivity index is 1.38. The number of morpholine rings is 1. The summed E-state index contributed by atoms with van der Waals surface area (Å²) < 4.78 is 11.1. The highest BCUT2D eigenvalue weighted by Gasteiger charge is 2.27. The summed E-state index contributed by atoms with van der Waals surface area (Å²) in [5, 5.41) is 2.92. The fraction of sp³-hybridized carbons (Fsp3) is 0.600. The van der Waals surface area contributed by atoms with Crippen LogP contribution in [0.2, 0.25) is 0 Å². The molecular formula is C20H29N3O4. The van der Waals surface area contributed by atoms with Crippen LogP contribution in [-0.2, 0) is 14.3 Å². The first-order valence-electron chi connectivity index (χ1n) is 9.76. The van der Waals surface area contributed by atoms with Crippen LogP contribution < -0.4 is 15.0 Å². The third-order valence-corrected chi connectivity index (χ3v) is 4.87. The highest BCUT2D eigenvalue weighted by atomic mass is 16.5. The van der Waals surface area contributed by atoms with Crippen molar-refractivity contribution in [2.45, 2.75) is 32.3 Å². The minimum absolute atomic E-state index is 0.0407. The van der Waals surface area contributed by atoms with Gasteiger partial charge in [-0.15, -0.1) is 0 Å². The van der Waals surface area contributed by atoms with Crippen LogP contribution in [0.4, 0.5) is 5.69 Å². The lowest BCUT2D eigenvalue weighted by Crippen LogP contribution is -2.42. The van der Waals surface area contributed by atoms with Crippen molar-refractivity contribution in [1.29, 1.82) is 0 Å². The molecule has 148 valence electrons. The molecule has 1 aromatic carbocycles. The second-order valence-corrected chi connectivity index (χ2v) is 7.06. The van der Waals surface area contributed by atoms with Crippen molar-refractivity contribution in [3.8, 4) is 5.75 Å². The van der Waals surface area contributed by atoms with E-state index in [0.717, 1.165) is 50.7 Å². The van der Waals surface area contributed by atoms with Crippen LogP contribution in [-0.4, -0.2) is 68.8 Å². The predicted octanol–water partition coefficient (Wildman–Crippen LogP) is 1.42. The molecule has 2 heterocycles. The number of benzene rings is 1. The summed E-state index contributed by atoms with van der Waals surface area (Å²) in [5.74, 6) is 0.609. The second-order valence-electron chi connectivity index (χ2n) is 7.06. The highest BCUT2D eigenvalue weighted by molar-refractivity contribution is 5.97. The molecule has 0 saturated carbocycles. The number of ether oxygens (including phenoxy) is 2. The quantitative estimate of drug-likeness (QED) is 0.730. The molecule has 7 nitrogen and oxygen atoms in total. The largest absolute Gasteiger partial charge is 0.487 e. The zero-order valence-corrected chi connectivity index (χ0v) is 16.0. The Hall–Kier alpha value is -2.12. The van der Waals surface area contributed by atoms with Crippen LogP contribution in [0.15, 0.2) is 24.3 Å². The Kier molecular flexibility index (Phi) is 7.06. The number of hydrogen-bond donors (Lipinski definition) is 1. The Morgan fingerprint density at radius 3 is 2.78 bits per heavy atom. The first-order valence-corrected chi connectivity index (χ1v) is 9.76. The van der Waals surface area contributed by atoms with Gasteiger partial charge in [-0.2, -0.15) is 0 Å². The number of hydrogen-bond acceptors (Lipinski definition) is 5. The number of rotatable bonds is 7. The molecule has 1 aromatic rings. The average Bonchev–Trinajstić information content (AvgIpc) is 2.69. The van der Waals surface area contributed by atoms with Crippen LogP contribution in [0, 0.1) is 0 Å². The van der Waals surface area contributed by atoms with Crippen molar-refractivity contribution < 1.29 is 19.1 Å². The van der Waals surface area contributed by atoms with Crippen LogP contribution in [0.25, 0.3) is 0 Å². The number of nitrogens with one attached hydrogen (secondary N) is 1. The topological polar surface area (TPSA) is 71.1 Å². The van der Waals surface area contributed by atoms with E-state index in [0.29, 0.717) is 13.1 Å². The molecule has 2 amide bonds. The molecule has 0 aliphatic carbocycles. The van der Waals surface area contributed by atoms with Gasteiger partial charge in [-0.1, -0.05) is 12.1 Å². The molecular weight excluding hydrogens is 346 g/mol. The van der Waals surface area contributed by atoms with Gasteiger partial charge in [-0.05, 0) is 32.0 Å². The SMILES string of the molecule is C[C@H]1CN(C(=O)CCC(=O)NCCCN2CCOCC2)c2ccccc2O1. The van der Waals surface area contributed by atoms with Gasteiger partial charge >= 0.3 is 0 Å². The maximum Gasteiger partial charge on any atom is 0.227 e. The number of carbonyl (C=O) groups excluding carboxylic acids is 2. The molecule has 27 heavy (non-hydrogen) atoms. The molecule has 2 aliphatic rings. The summed E-state index contributed by atoms with van der Waals surface area (Å²) in [6, 6.07) is 7.53. The molecule has 0 aromatic heterocycles. The normalized spacial score (nSPS) is 19.9. The third-order valence-electron chi connectivity index (χ3n) is 4.87. The van der Waals surface area contributed by atoms with Gasteiger partial charge < -0.3 is 19.7 Å². The van der Waals surface area contributed by atoms with E-state index in [-0.39, 0.29) is 30.8 Å². The molecule has 0 radical (unpaired) electrons. The molecule has 1 atom stereocenters. The molecule has 0 unspecified atom stereocenters. The van der Waals surface area contributed by atoms with E-state index >= 15 is 0 Å². The summed E-state index contributed by atoms with van der Waals surface area (Å²) in [5.41, 5.74) is 0.784. The summed E-state index contributed by atoms with van der Waals surface area (Å²) in [4.78, 5) is 28.7. The van der Waals surface area contributed by atoms with Crippen molar-refractivity contribution in [2.24, 2.45) is 0 Å². The van der Waals surface area contributed by atoms with Gasteiger partial charge in [0.25, 0.3) is 0 Å². The van der Waals surface area contributed by atoms with Crippen molar-refractivity contribution in [3.63, 3.8) is 0 Å². The van der Waals surface area contributed by atoms with Gasteiger partial charge in [0.1, 0.15) is 11.9 Å². The van der Waals surface area contributed by atoms with Crippen LogP contribution in [0.5, 0.6) is 5.75 Å². The third kappa shape index (κ3) is 5.68. The number of anilines is 1. The molecule has 0 spiro atoms. The standard InChI is InChI=1S/C20H29N3O4/c1-16-15-23(17-5-2-3-6-18(17)27-16)20(25)8-7-19(24)21-9-4-10-22-11-13-26-14-12-22/h2-3,5-6,16H,4,7-15H2,1H3,(H,21,24)/t16-/m0/s1. The fourth-order valence-electron chi connectivity index (χ4n) is 3.42. The number of para-hydroxylation sites is 2. The minimum atomic E-state index is -0.0695. The molecule has 2 aliphatic heterocycles. The summed E-state index contributed by atoms with van der Waals surface area (Å²) in [7, 11) is 0. The zero-order valence-electron chi connectivity index (χ0n) is 16.0. The lowest BCUT2D eigenvalue weighted by Gasteiger charge is -2.33. The summed E-state index contributed by atoms with van der Waals surface area (Å²) in [6.07, 6.45) is 1.27. The van der Waals surface area contributed by atoms with E-state index in [2.05, 4.69) is 10.2 Å². The lowest BCUT2D eigenvalue weighted by molar-refractivity contribution is -0.125. The highest BCUT2D eigenvalue weighted by Crippen LogP contribution is 2.33. The van der Waals surface area contributed by atoms with E-state index in [9.17, 15) is 9.59 Å². The molecule has 1 saturated heterocycles. The van der Waals surface area contributed by atoms with Crippen LogP contribution >= 0.6 is 0 Å². The van der Waals surface area contributed by atoms with Gasteiger partial charge in [0, 0.05) is 32.5 Å². The molecule has 1 fully saturated rings. The first-order chi connectivity index (χ1) is 13.1. The molecule has 1 N–H and O–H groups in total. The number of carbonyl (C=O) groups is 2. The Morgan fingerprint density at radius 1 is 1.19 bits per heavy atom. The smallest absolute Gasteiger partial charge is 0.227 e. The van der Waals surface area contributed by atoms with E-state index in [4.69, 9.17) is 9.47 Å². The van der Waals surface area contributed by atoms with Crippen molar-refractivity contribution >= 4 is 17.5 Å². The average molecular weight is 375 g/mol. The van der Waals surface area contributed by atoms with E-state index in [1.165, 1.54) is 0 Å². The van der Waals surface area contributed by atoms with E-state index in [1.807, 2.05) is 31.2 Å². The second kappa shape index (κ2) is 9.71. The number of fused-ring (bicyclic) bond motifs is 1. The van der Waals surface area contributed by atoms with E-state index < -0.39 is 0 Å². The van der Waals surface area contributed by atoms with Gasteiger partial charge in [0.15, 0.2) is 0 Å². The van der Waals surface area contributed by atoms with Gasteiger partial charge in [0.05, 0.1) is 25.4 Å². The van der Waals surface area contributed by atoms with Crippen molar-refractivity contribution in [1.82, 2.24) is 10.2 Å². The monoisotopic (exact) mass is 375 g/mol. The maximum absolute atomic E-state index is 12.6. The molecule has 7 heteroatoms. The van der Waals surface area contributed by atoms with Crippen molar-refractivity contribution in [3.05, 3.63) is 24.3 Å². The zero-order chi connectivity index (χ0) is 19.1. The fourth-order valence-corrected chi connectivity index (χ4v) is 3.42. The Labute approximate surface area is 160 Å². The van der Waals surface area contributed by atoms with E-state index in [1.54, 1.807) is 4.90 Å². The predicted molar refractivity (Wildman–Crippen MR) is 103 cm³/mol. The van der Waals surface area contributed by atoms with Gasteiger partial charge in [-0.3, -0.25) is 14.5 Å². The van der Waals surface area contributed by atoms with Gasteiger partial charge in [0.2, 0.25) is 11.8 Å². The molecule has 3 rings (SSSR count). The van der Waals surface area contributed by atoms with Crippen LogP contribution in [0.3, 0.4) is 0 Å². The number of amides is 2. The number of nitrogens with zero attached hydrogens (tertiary/aromatic N) is 2. The Bertz CT molecular complexity index is 646. The Morgan fingerprint density at radius 2 is 1.96 bits per heavy atom. The minimum Gasteiger partial charge on any atom is -0.487 e. The van der Waals surface area contributed by atoms with Crippen LogP contribution in [0.1, 0.15) is 26.2 Å². The summed E-state index contributed by atoms with van der Waals surface area (Å²) >= 11 is 0. The van der Waals surface area contributed by atoms with Gasteiger partial charge in [-0.25, -0.2) is 0 Å². The maximum atomic E-state index is 12.6. The first kappa shape index (κ1) is 19.6. The van der Waals surface area contributed by atoms with Crippen molar-refractivity contribution in [2.75, 3.05) is 50.8 Å². The molecule has 0 bridgehead atoms.